The van der Waals surface area contributed by atoms with Crippen LogP contribution in [0, 0.1) is 6.92 Å². The van der Waals surface area contributed by atoms with Gasteiger partial charge in [0, 0.05) is 16.6 Å². The van der Waals surface area contributed by atoms with Gasteiger partial charge in [-0.3, -0.25) is 9.59 Å². The Balaban J connectivity index is 1.76. The fourth-order valence-electron chi connectivity index (χ4n) is 4.35. The summed E-state index contributed by atoms with van der Waals surface area (Å²) in [6.07, 6.45) is 0.663. The first-order chi connectivity index (χ1) is 17.3. The number of methoxy groups -OCH3 is 1. The molecule has 1 amide bonds. The number of aryl methyl sites for hydroxylation is 1. The van der Waals surface area contributed by atoms with E-state index in [4.69, 9.17) is 9.47 Å². The molecule has 0 aromatic heterocycles. The molecule has 36 heavy (non-hydrogen) atoms. The zero-order chi connectivity index (χ0) is 25.8. The van der Waals surface area contributed by atoms with E-state index in [0.717, 1.165) is 15.6 Å². The zero-order valence-electron chi connectivity index (χ0n) is 20.5. The van der Waals surface area contributed by atoms with Gasteiger partial charge in [0.15, 0.2) is 11.5 Å². The molecule has 1 unspecified atom stereocenters. The van der Waals surface area contributed by atoms with Gasteiger partial charge < -0.3 is 19.5 Å². The number of halogens is 1. The second-order valence-corrected chi connectivity index (χ2v) is 9.50. The van der Waals surface area contributed by atoms with Crippen LogP contribution in [0.1, 0.15) is 41.6 Å². The lowest BCUT2D eigenvalue weighted by Crippen LogP contribution is -2.30. The molecule has 7 heteroatoms. The molecule has 0 radical (unpaired) electrons. The van der Waals surface area contributed by atoms with Gasteiger partial charge in [-0.05, 0) is 54.3 Å². The largest absolute Gasteiger partial charge is 0.507 e. The third-order valence-corrected chi connectivity index (χ3v) is 7.07. The molecule has 0 spiro atoms. The van der Waals surface area contributed by atoms with Crippen molar-refractivity contribution in [3.05, 3.63) is 99.0 Å². The van der Waals surface area contributed by atoms with Gasteiger partial charge in [-0.2, -0.15) is 0 Å². The molecular formula is C29H28BrNO5. The van der Waals surface area contributed by atoms with Crippen molar-refractivity contribution in [2.24, 2.45) is 0 Å². The van der Waals surface area contributed by atoms with Crippen LogP contribution in [0.3, 0.4) is 0 Å². The molecule has 1 aliphatic heterocycles. The Hall–Kier alpha value is -3.58. The number of hydrogen-bond acceptors (Lipinski definition) is 5. The molecule has 1 atom stereocenters. The zero-order valence-corrected chi connectivity index (χ0v) is 22.0. The number of ketones is 1. The molecule has 0 saturated carbocycles. The molecule has 1 N–H and O–H groups in total. The van der Waals surface area contributed by atoms with Crippen molar-refractivity contribution in [3.63, 3.8) is 0 Å². The molecule has 3 aromatic carbocycles. The highest BCUT2D eigenvalue weighted by atomic mass is 79.9. The Morgan fingerprint density at radius 3 is 2.44 bits per heavy atom. The number of Topliss-reactive ketones (excluding diaryl/α,β-unsaturated/α-hetero) is 1. The molecule has 186 valence electrons. The quantitative estimate of drug-likeness (QED) is 0.206. The van der Waals surface area contributed by atoms with Gasteiger partial charge in [0.1, 0.15) is 12.4 Å². The molecule has 1 aliphatic rings. The fraction of sp³-hybridized carbons (Fsp3) is 0.241. The standard InChI is InChI=1S/C29H28BrNO5/c1-4-14-31-26(25(28(33)29(31)34)27(32)21-10-12-22(30)18(2)15-21)20-11-13-23(24(16-20)35-3)36-17-19-8-6-5-7-9-19/h5-13,15-16,26,32H,4,14,17H2,1-3H3/b27-25-. The van der Waals surface area contributed by atoms with Crippen LogP contribution in [0.2, 0.25) is 0 Å². The molecule has 4 rings (SSSR count). The fourth-order valence-corrected chi connectivity index (χ4v) is 4.60. The van der Waals surface area contributed by atoms with Gasteiger partial charge in [-0.1, -0.05) is 65.3 Å². The van der Waals surface area contributed by atoms with Crippen molar-refractivity contribution in [2.45, 2.75) is 32.9 Å². The number of aliphatic hydroxyl groups is 1. The predicted octanol–water partition coefficient (Wildman–Crippen LogP) is 6.18. The van der Waals surface area contributed by atoms with Gasteiger partial charge in [-0.15, -0.1) is 0 Å². The molecule has 1 saturated heterocycles. The summed E-state index contributed by atoms with van der Waals surface area (Å²) >= 11 is 3.46. The molecule has 0 bridgehead atoms. The molecule has 3 aromatic rings. The maximum Gasteiger partial charge on any atom is 0.295 e. The lowest BCUT2D eigenvalue weighted by Gasteiger charge is -2.25. The number of ether oxygens (including phenoxy) is 2. The lowest BCUT2D eigenvalue weighted by molar-refractivity contribution is -0.139. The number of nitrogens with zero attached hydrogens (tertiary/aromatic N) is 1. The highest BCUT2D eigenvalue weighted by molar-refractivity contribution is 9.10. The third kappa shape index (κ3) is 5.02. The van der Waals surface area contributed by atoms with Crippen molar-refractivity contribution < 1.29 is 24.2 Å². The van der Waals surface area contributed by atoms with Crippen molar-refractivity contribution >= 4 is 33.4 Å². The first-order valence-corrected chi connectivity index (χ1v) is 12.5. The van der Waals surface area contributed by atoms with Crippen LogP contribution in [0.4, 0.5) is 0 Å². The van der Waals surface area contributed by atoms with Crippen molar-refractivity contribution in [3.8, 4) is 11.5 Å². The molecule has 6 nitrogen and oxygen atoms in total. The Morgan fingerprint density at radius 2 is 1.78 bits per heavy atom. The van der Waals surface area contributed by atoms with E-state index in [1.807, 2.05) is 56.3 Å². The summed E-state index contributed by atoms with van der Waals surface area (Å²) in [6.45, 7) is 4.58. The van der Waals surface area contributed by atoms with Gasteiger partial charge in [-0.25, -0.2) is 0 Å². The normalized spacial score (nSPS) is 16.9. The second-order valence-electron chi connectivity index (χ2n) is 8.64. The van der Waals surface area contributed by atoms with Crippen LogP contribution >= 0.6 is 15.9 Å². The second kappa shape index (κ2) is 11.0. The number of benzene rings is 3. The maximum atomic E-state index is 13.1. The SMILES string of the molecule is CCCN1C(=O)C(=O)/C(=C(\O)c2ccc(Br)c(C)c2)C1c1ccc(OCc2ccccc2)c(OC)c1. The Labute approximate surface area is 219 Å². The topological polar surface area (TPSA) is 76.1 Å². The first-order valence-electron chi connectivity index (χ1n) is 11.7. The summed E-state index contributed by atoms with van der Waals surface area (Å²) in [5, 5.41) is 11.2. The number of amides is 1. The maximum absolute atomic E-state index is 13.1. The predicted molar refractivity (Wildman–Crippen MR) is 142 cm³/mol. The third-order valence-electron chi connectivity index (χ3n) is 6.18. The van der Waals surface area contributed by atoms with E-state index >= 15 is 0 Å². The van der Waals surface area contributed by atoms with E-state index in [-0.39, 0.29) is 11.3 Å². The lowest BCUT2D eigenvalue weighted by atomic mass is 9.94. The monoisotopic (exact) mass is 549 g/mol. The van der Waals surface area contributed by atoms with Crippen LogP contribution in [0.5, 0.6) is 11.5 Å². The van der Waals surface area contributed by atoms with Crippen LogP contribution in [-0.2, 0) is 16.2 Å². The van der Waals surface area contributed by atoms with E-state index < -0.39 is 17.7 Å². The summed E-state index contributed by atoms with van der Waals surface area (Å²) < 4.78 is 12.5. The van der Waals surface area contributed by atoms with Crippen LogP contribution in [-0.4, -0.2) is 35.4 Å². The summed E-state index contributed by atoms with van der Waals surface area (Å²) in [5.41, 5.74) is 3.12. The number of carbonyl (C=O) groups is 2. The highest BCUT2D eigenvalue weighted by Gasteiger charge is 2.45. The average molecular weight is 550 g/mol. The van der Waals surface area contributed by atoms with Crippen molar-refractivity contribution in [1.29, 1.82) is 0 Å². The van der Waals surface area contributed by atoms with E-state index in [1.54, 1.807) is 31.4 Å². The number of carbonyl (C=O) groups excluding carboxylic acids is 2. The molecule has 1 fully saturated rings. The highest BCUT2D eigenvalue weighted by Crippen LogP contribution is 2.42. The average Bonchev–Trinajstić information content (AvgIpc) is 3.14. The Morgan fingerprint density at radius 1 is 1.03 bits per heavy atom. The van der Waals surface area contributed by atoms with Crippen molar-refractivity contribution in [2.75, 3.05) is 13.7 Å². The smallest absolute Gasteiger partial charge is 0.295 e. The van der Waals surface area contributed by atoms with Crippen LogP contribution in [0.25, 0.3) is 5.76 Å². The summed E-state index contributed by atoms with van der Waals surface area (Å²) in [6, 6.07) is 19.7. The number of aliphatic hydroxyl groups excluding tert-OH is 1. The Bertz CT molecular complexity index is 1320. The summed E-state index contributed by atoms with van der Waals surface area (Å²) in [7, 11) is 1.54. The van der Waals surface area contributed by atoms with Gasteiger partial charge in [0.2, 0.25) is 0 Å². The van der Waals surface area contributed by atoms with E-state index in [9.17, 15) is 14.7 Å². The summed E-state index contributed by atoms with van der Waals surface area (Å²) in [5.74, 6) is -0.502. The van der Waals surface area contributed by atoms with E-state index in [0.29, 0.717) is 42.2 Å². The summed E-state index contributed by atoms with van der Waals surface area (Å²) in [4.78, 5) is 27.7. The Kier molecular flexibility index (Phi) is 7.79. The molecular weight excluding hydrogens is 522 g/mol. The van der Waals surface area contributed by atoms with E-state index in [2.05, 4.69) is 15.9 Å². The number of hydrogen-bond donors (Lipinski definition) is 1. The minimum absolute atomic E-state index is 0.0650. The number of rotatable bonds is 8. The van der Waals surface area contributed by atoms with Crippen LogP contribution < -0.4 is 9.47 Å². The van der Waals surface area contributed by atoms with E-state index in [1.165, 1.54) is 4.90 Å². The van der Waals surface area contributed by atoms with Crippen molar-refractivity contribution in [1.82, 2.24) is 4.90 Å². The first kappa shape index (κ1) is 25.5. The molecule has 1 heterocycles. The van der Waals surface area contributed by atoms with Gasteiger partial charge in [0.25, 0.3) is 11.7 Å². The van der Waals surface area contributed by atoms with Crippen LogP contribution in [0.15, 0.2) is 76.8 Å². The minimum Gasteiger partial charge on any atom is -0.507 e. The van der Waals surface area contributed by atoms with Gasteiger partial charge in [0.05, 0.1) is 18.7 Å². The van der Waals surface area contributed by atoms with Gasteiger partial charge >= 0.3 is 0 Å². The molecule has 0 aliphatic carbocycles. The minimum atomic E-state index is -0.744. The number of likely N-dealkylation sites (tertiary alicyclic amines) is 1.